The normalized spacial score (nSPS) is 12.0. The number of thiophene rings is 1. The second-order valence-corrected chi connectivity index (χ2v) is 5.13. The lowest BCUT2D eigenvalue weighted by Crippen LogP contribution is -2.10. The molecule has 2 aromatic rings. The summed E-state index contributed by atoms with van der Waals surface area (Å²) in [6.45, 7) is 3.80. The average molecular weight is 290 g/mol. The van der Waals surface area contributed by atoms with E-state index in [0.29, 0.717) is 4.88 Å². The highest BCUT2D eigenvalue weighted by molar-refractivity contribution is 7.12. The number of Topliss-reactive ketones (excluding diaryl/α,β-unsaturated/α-hetero) is 1. The number of imidazole rings is 1. The van der Waals surface area contributed by atoms with Gasteiger partial charge < -0.3 is 9.67 Å². The second-order valence-electron chi connectivity index (χ2n) is 4.21. The van der Waals surface area contributed by atoms with E-state index in [4.69, 9.17) is 5.11 Å². The van der Waals surface area contributed by atoms with Crippen LogP contribution >= 0.6 is 11.3 Å². The van der Waals surface area contributed by atoms with Crippen LogP contribution in [0.4, 0.5) is 0 Å². The summed E-state index contributed by atoms with van der Waals surface area (Å²) in [4.78, 5) is 27.2. The van der Waals surface area contributed by atoms with Gasteiger partial charge in [0.05, 0.1) is 23.7 Å². The van der Waals surface area contributed by atoms with Gasteiger partial charge in [0.25, 0.3) is 0 Å². The van der Waals surface area contributed by atoms with E-state index in [1.54, 1.807) is 24.8 Å². The molecule has 0 saturated heterocycles. The SMILES string of the molecule is C=CC(c1ccsc1C(=O)CCC(=O)O)n1ccnc1. The minimum Gasteiger partial charge on any atom is -0.481 e. The number of hydrogen-bond acceptors (Lipinski definition) is 4. The lowest BCUT2D eigenvalue weighted by atomic mass is 10.0. The molecule has 104 valence electrons. The predicted octanol–water partition coefficient (Wildman–Crippen LogP) is 2.77. The summed E-state index contributed by atoms with van der Waals surface area (Å²) in [5.41, 5.74) is 0.832. The van der Waals surface area contributed by atoms with E-state index < -0.39 is 5.97 Å². The van der Waals surface area contributed by atoms with Crippen LogP contribution in [0.2, 0.25) is 0 Å². The van der Waals surface area contributed by atoms with Crippen molar-refractivity contribution in [3.8, 4) is 0 Å². The van der Waals surface area contributed by atoms with Crippen LogP contribution in [0.5, 0.6) is 0 Å². The first-order chi connectivity index (χ1) is 9.63. The summed E-state index contributed by atoms with van der Waals surface area (Å²) >= 11 is 1.33. The number of carboxylic acid groups (broad SMARTS) is 1. The van der Waals surface area contributed by atoms with E-state index in [2.05, 4.69) is 11.6 Å². The molecule has 1 unspecified atom stereocenters. The van der Waals surface area contributed by atoms with Crippen LogP contribution in [0.3, 0.4) is 0 Å². The van der Waals surface area contributed by atoms with Gasteiger partial charge in [0.15, 0.2) is 5.78 Å². The summed E-state index contributed by atoms with van der Waals surface area (Å²) in [5, 5.41) is 10.5. The fourth-order valence-electron chi connectivity index (χ4n) is 1.96. The number of aliphatic carboxylic acids is 1. The minimum absolute atomic E-state index is 0.0106. The van der Waals surface area contributed by atoms with Gasteiger partial charge >= 0.3 is 5.97 Å². The predicted molar refractivity (Wildman–Crippen MR) is 76.1 cm³/mol. The summed E-state index contributed by atoms with van der Waals surface area (Å²) in [5.74, 6) is -1.12. The molecule has 0 spiro atoms. The molecule has 0 fully saturated rings. The van der Waals surface area contributed by atoms with Crippen molar-refractivity contribution in [1.29, 1.82) is 0 Å². The molecule has 1 N–H and O–H groups in total. The monoisotopic (exact) mass is 290 g/mol. The highest BCUT2D eigenvalue weighted by Gasteiger charge is 2.20. The Morgan fingerprint density at radius 3 is 2.90 bits per heavy atom. The Balaban J connectivity index is 2.25. The number of allylic oxidation sites excluding steroid dienone is 1. The maximum absolute atomic E-state index is 12.1. The molecule has 2 heterocycles. The van der Waals surface area contributed by atoms with E-state index in [0.717, 1.165) is 5.56 Å². The van der Waals surface area contributed by atoms with E-state index >= 15 is 0 Å². The highest BCUT2D eigenvalue weighted by atomic mass is 32.1. The van der Waals surface area contributed by atoms with Crippen LogP contribution in [-0.4, -0.2) is 26.4 Å². The molecule has 2 rings (SSSR count). The zero-order valence-corrected chi connectivity index (χ0v) is 11.5. The zero-order chi connectivity index (χ0) is 14.5. The molecule has 0 aliphatic rings. The Bertz CT molecular complexity index is 616. The maximum atomic E-state index is 12.1. The molecule has 0 aliphatic heterocycles. The molecular weight excluding hydrogens is 276 g/mol. The van der Waals surface area contributed by atoms with Crippen LogP contribution in [0.25, 0.3) is 0 Å². The number of hydrogen-bond donors (Lipinski definition) is 1. The summed E-state index contributed by atoms with van der Waals surface area (Å²) in [7, 11) is 0. The van der Waals surface area contributed by atoms with Crippen molar-refractivity contribution in [2.75, 3.05) is 0 Å². The quantitative estimate of drug-likeness (QED) is 0.628. The van der Waals surface area contributed by atoms with Crippen LogP contribution in [0, 0.1) is 0 Å². The maximum Gasteiger partial charge on any atom is 0.303 e. The second kappa shape index (κ2) is 6.29. The Morgan fingerprint density at radius 2 is 2.30 bits per heavy atom. The molecular formula is C14H14N2O3S. The van der Waals surface area contributed by atoms with Gasteiger partial charge in [-0.3, -0.25) is 9.59 Å². The standard InChI is InChI=1S/C14H14N2O3S/c1-2-11(16-7-6-15-9-16)10-5-8-20-14(10)12(17)3-4-13(18)19/h2,5-9,11H,1,3-4H2,(H,18,19). The average Bonchev–Trinajstić information content (AvgIpc) is 3.08. The van der Waals surface area contributed by atoms with Crippen LogP contribution in [0.1, 0.15) is 34.1 Å². The highest BCUT2D eigenvalue weighted by Crippen LogP contribution is 2.28. The lowest BCUT2D eigenvalue weighted by molar-refractivity contribution is -0.136. The number of ketones is 1. The van der Waals surface area contributed by atoms with Crippen molar-refractivity contribution in [2.45, 2.75) is 18.9 Å². The van der Waals surface area contributed by atoms with Gasteiger partial charge in [0.1, 0.15) is 0 Å². The molecule has 1 atom stereocenters. The van der Waals surface area contributed by atoms with Crippen molar-refractivity contribution in [1.82, 2.24) is 9.55 Å². The summed E-state index contributed by atoms with van der Waals surface area (Å²) in [6, 6.07) is 1.69. The molecule has 0 amide bonds. The van der Waals surface area contributed by atoms with Gasteiger partial charge in [-0.25, -0.2) is 4.98 Å². The molecule has 0 radical (unpaired) electrons. The third-order valence-corrected chi connectivity index (χ3v) is 3.87. The third-order valence-electron chi connectivity index (χ3n) is 2.90. The Morgan fingerprint density at radius 1 is 1.50 bits per heavy atom. The number of nitrogens with zero attached hydrogens (tertiary/aromatic N) is 2. The van der Waals surface area contributed by atoms with E-state index in [1.807, 2.05) is 16.0 Å². The van der Waals surface area contributed by atoms with Gasteiger partial charge in [0, 0.05) is 24.4 Å². The number of carbonyl (C=O) groups excluding carboxylic acids is 1. The molecule has 0 aliphatic carbocycles. The Labute approximate surface area is 120 Å². The number of carboxylic acids is 1. The summed E-state index contributed by atoms with van der Waals surface area (Å²) in [6.07, 6.45) is 6.72. The summed E-state index contributed by atoms with van der Waals surface area (Å²) < 4.78 is 1.85. The fraction of sp³-hybridized carbons (Fsp3) is 0.214. The Kier molecular flexibility index (Phi) is 4.47. The van der Waals surface area contributed by atoms with Crippen molar-refractivity contribution in [2.24, 2.45) is 0 Å². The van der Waals surface area contributed by atoms with Crippen molar-refractivity contribution in [3.63, 3.8) is 0 Å². The third kappa shape index (κ3) is 3.03. The van der Waals surface area contributed by atoms with Gasteiger partial charge in [-0.1, -0.05) is 6.08 Å². The van der Waals surface area contributed by atoms with Crippen LogP contribution in [0.15, 0.2) is 42.8 Å². The zero-order valence-electron chi connectivity index (χ0n) is 10.7. The van der Waals surface area contributed by atoms with Crippen LogP contribution < -0.4 is 0 Å². The van der Waals surface area contributed by atoms with E-state index in [-0.39, 0.29) is 24.7 Å². The number of aromatic nitrogens is 2. The molecule has 20 heavy (non-hydrogen) atoms. The molecule has 0 bridgehead atoms. The fourth-order valence-corrected chi connectivity index (χ4v) is 2.87. The van der Waals surface area contributed by atoms with E-state index in [9.17, 15) is 9.59 Å². The van der Waals surface area contributed by atoms with Gasteiger partial charge in [-0.05, 0) is 11.4 Å². The lowest BCUT2D eigenvalue weighted by Gasteiger charge is -2.14. The van der Waals surface area contributed by atoms with Crippen molar-refractivity contribution in [3.05, 3.63) is 53.3 Å². The van der Waals surface area contributed by atoms with Gasteiger partial charge in [-0.2, -0.15) is 0 Å². The van der Waals surface area contributed by atoms with E-state index in [1.165, 1.54) is 11.3 Å². The molecule has 6 heteroatoms. The first-order valence-electron chi connectivity index (χ1n) is 6.06. The first-order valence-corrected chi connectivity index (χ1v) is 6.94. The Hall–Kier alpha value is -2.21. The largest absolute Gasteiger partial charge is 0.481 e. The van der Waals surface area contributed by atoms with Gasteiger partial charge in [0.2, 0.25) is 0 Å². The molecule has 0 aromatic carbocycles. The van der Waals surface area contributed by atoms with Crippen molar-refractivity contribution >= 4 is 23.1 Å². The minimum atomic E-state index is -0.966. The smallest absolute Gasteiger partial charge is 0.303 e. The molecule has 2 aromatic heterocycles. The molecule has 0 saturated carbocycles. The topological polar surface area (TPSA) is 72.2 Å². The number of carbonyl (C=O) groups is 2. The van der Waals surface area contributed by atoms with Gasteiger partial charge in [-0.15, -0.1) is 17.9 Å². The van der Waals surface area contributed by atoms with Crippen molar-refractivity contribution < 1.29 is 14.7 Å². The first kappa shape index (κ1) is 14.2. The molecule has 5 nitrogen and oxygen atoms in total. The van der Waals surface area contributed by atoms with Crippen LogP contribution in [-0.2, 0) is 4.79 Å². The number of rotatable bonds is 7.